The third-order valence-electron chi connectivity index (χ3n) is 2.81. The van der Waals surface area contributed by atoms with Gasteiger partial charge in [0, 0.05) is 5.56 Å². The number of halogens is 4. The lowest BCUT2D eigenvalue weighted by atomic mass is 10.2. The Labute approximate surface area is 128 Å². The van der Waals surface area contributed by atoms with Crippen molar-refractivity contribution in [2.24, 2.45) is 5.10 Å². The minimum Gasteiger partial charge on any atom is -0.493 e. The summed E-state index contributed by atoms with van der Waals surface area (Å²) in [6.07, 6.45) is 1.15. The third kappa shape index (κ3) is 3.33. The number of para-hydroxylation sites is 1. The van der Waals surface area contributed by atoms with Crippen LogP contribution in [-0.2, 0) is 0 Å². The van der Waals surface area contributed by atoms with Crippen molar-refractivity contribution < 1.29 is 27.0 Å². The van der Waals surface area contributed by atoms with Crippen LogP contribution in [0.5, 0.6) is 11.5 Å². The number of nitrogens with zero attached hydrogens (tertiary/aromatic N) is 2. The summed E-state index contributed by atoms with van der Waals surface area (Å²) < 4.78 is 63.0. The van der Waals surface area contributed by atoms with Gasteiger partial charge in [0.2, 0.25) is 11.6 Å². The van der Waals surface area contributed by atoms with Gasteiger partial charge >= 0.3 is 0 Å². The highest BCUT2D eigenvalue weighted by molar-refractivity contribution is 5.85. The molecule has 1 aromatic carbocycles. The number of pyridine rings is 1. The standard InChI is InChI=1S/C14H11F4N3O2/c1-22-8-5-3-4-7(12(8)23-2)6-19-21-11-9(15)13(17)20-14(18)10(11)16/h3-6H,1-2H3,(H,20,21)/b19-6-. The van der Waals surface area contributed by atoms with Crippen molar-refractivity contribution >= 4 is 11.9 Å². The van der Waals surface area contributed by atoms with Crippen molar-refractivity contribution in [2.45, 2.75) is 0 Å². The average Bonchev–Trinajstić information content (AvgIpc) is 2.55. The predicted octanol–water partition coefficient (Wildman–Crippen LogP) is 3.10. The fourth-order valence-electron chi connectivity index (χ4n) is 1.77. The zero-order valence-corrected chi connectivity index (χ0v) is 12.0. The van der Waals surface area contributed by atoms with E-state index in [4.69, 9.17) is 9.47 Å². The molecule has 1 N–H and O–H groups in total. The number of hydrogen-bond donors (Lipinski definition) is 1. The second kappa shape index (κ2) is 6.95. The molecular formula is C14H11F4N3O2. The molecule has 0 fully saturated rings. The summed E-state index contributed by atoms with van der Waals surface area (Å²) >= 11 is 0. The Kier molecular flexibility index (Phi) is 4.99. The van der Waals surface area contributed by atoms with Gasteiger partial charge in [0.05, 0.1) is 20.4 Å². The van der Waals surface area contributed by atoms with Crippen molar-refractivity contribution in [3.05, 3.63) is 47.3 Å². The van der Waals surface area contributed by atoms with Gasteiger partial charge in [0.25, 0.3) is 11.9 Å². The summed E-state index contributed by atoms with van der Waals surface area (Å²) in [5, 5.41) is 3.55. The molecule has 0 aliphatic rings. The molecule has 2 rings (SSSR count). The lowest BCUT2D eigenvalue weighted by Gasteiger charge is -2.09. The average molecular weight is 329 g/mol. The Hall–Kier alpha value is -2.84. The van der Waals surface area contributed by atoms with Crippen LogP contribution in [0.1, 0.15) is 5.56 Å². The number of anilines is 1. The van der Waals surface area contributed by atoms with Gasteiger partial charge in [0.15, 0.2) is 11.5 Å². The SMILES string of the molecule is COc1cccc(/C=N\Nc2c(F)c(F)nc(F)c2F)c1OC. The van der Waals surface area contributed by atoms with E-state index in [9.17, 15) is 17.6 Å². The monoisotopic (exact) mass is 329 g/mol. The van der Waals surface area contributed by atoms with Crippen LogP contribution in [0, 0.1) is 23.5 Å². The maximum Gasteiger partial charge on any atom is 0.254 e. The summed E-state index contributed by atoms with van der Waals surface area (Å²) in [5.41, 5.74) is 1.23. The Balaban J connectivity index is 2.31. The molecule has 1 heterocycles. The van der Waals surface area contributed by atoms with Crippen molar-refractivity contribution in [3.63, 3.8) is 0 Å². The number of methoxy groups -OCH3 is 2. The first-order valence-electron chi connectivity index (χ1n) is 6.19. The molecule has 0 saturated carbocycles. The van der Waals surface area contributed by atoms with Gasteiger partial charge in [-0.1, -0.05) is 6.07 Å². The first kappa shape index (κ1) is 16.5. The Morgan fingerprint density at radius 3 is 2.26 bits per heavy atom. The van der Waals surface area contributed by atoms with E-state index in [1.165, 1.54) is 14.2 Å². The number of nitrogens with one attached hydrogen (secondary N) is 1. The van der Waals surface area contributed by atoms with Gasteiger partial charge in [-0.15, -0.1) is 0 Å². The van der Waals surface area contributed by atoms with Crippen LogP contribution in [0.25, 0.3) is 0 Å². The van der Waals surface area contributed by atoms with Gasteiger partial charge in [0.1, 0.15) is 5.69 Å². The second-order valence-corrected chi connectivity index (χ2v) is 4.15. The van der Waals surface area contributed by atoms with E-state index >= 15 is 0 Å². The maximum atomic E-state index is 13.4. The van der Waals surface area contributed by atoms with Crippen molar-refractivity contribution in [2.75, 3.05) is 19.6 Å². The van der Waals surface area contributed by atoms with E-state index in [-0.39, 0.29) is 0 Å². The minimum absolute atomic E-state index is 0.327. The van der Waals surface area contributed by atoms with Crippen molar-refractivity contribution in [3.8, 4) is 11.5 Å². The zero-order chi connectivity index (χ0) is 17.0. The summed E-state index contributed by atoms with van der Waals surface area (Å²) in [5.74, 6) is -6.18. The molecule has 0 unspecified atom stereocenters. The van der Waals surface area contributed by atoms with Crippen molar-refractivity contribution in [1.29, 1.82) is 0 Å². The largest absolute Gasteiger partial charge is 0.493 e. The summed E-state index contributed by atoms with van der Waals surface area (Å²) in [6, 6.07) is 4.86. The molecule has 23 heavy (non-hydrogen) atoms. The Morgan fingerprint density at radius 1 is 1.04 bits per heavy atom. The Morgan fingerprint density at radius 2 is 1.70 bits per heavy atom. The number of benzene rings is 1. The molecule has 0 aliphatic carbocycles. The van der Waals surface area contributed by atoms with E-state index in [0.29, 0.717) is 17.1 Å². The number of rotatable bonds is 5. The number of aromatic nitrogens is 1. The fraction of sp³-hybridized carbons (Fsp3) is 0.143. The molecule has 0 spiro atoms. The van der Waals surface area contributed by atoms with Crippen LogP contribution < -0.4 is 14.9 Å². The normalized spacial score (nSPS) is 10.9. The highest BCUT2D eigenvalue weighted by Crippen LogP contribution is 2.29. The lowest BCUT2D eigenvalue weighted by Crippen LogP contribution is -2.06. The van der Waals surface area contributed by atoms with E-state index < -0.39 is 29.2 Å². The van der Waals surface area contributed by atoms with E-state index in [1.54, 1.807) is 18.2 Å². The molecule has 0 atom stereocenters. The molecule has 2 aromatic rings. The quantitative estimate of drug-likeness (QED) is 0.396. The highest BCUT2D eigenvalue weighted by atomic mass is 19.2. The molecule has 0 amide bonds. The number of hydrogen-bond acceptors (Lipinski definition) is 5. The highest BCUT2D eigenvalue weighted by Gasteiger charge is 2.20. The van der Waals surface area contributed by atoms with Gasteiger partial charge in [-0.3, -0.25) is 5.43 Å². The van der Waals surface area contributed by atoms with Crippen molar-refractivity contribution in [1.82, 2.24) is 4.98 Å². The van der Waals surface area contributed by atoms with Gasteiger partial charge in [-0.05, 0) is 12.1 Å². The summed E-state index contributed by atoms with van der Waals surface area (Å²) in [7, 11) is 2.83. The van der Waals surface area contributed by atoms with Crippen LogP contribution in [0.2, 0.25) is 0 Å². The van der Waals surface area contributed by atoms with E-state index in [0.717, 1.165) is 6.21 Å². The Bertz CT molecular complexity index is 727. The van der Waals surface area contributed by atoms with Crippen LogP contribution in [0.3, 0.4) is 0 Å². The molecule has 0 saturated heterocycles. The molecular weight excluding hydrogens is 318 g/mol. The van der Waals surface area contributed by atoms with Crippen LogP contribution >= 0.6 is 0 Å². The topological polar surface area (TPSA) is 55.7 Å². The first-order chi connectivity index (χ1) is 11.0. The molecule has 0 bridgehead atoms. The molecule has 5 nitrogen and oxygen atoms in total. The van der Waals surface area contributed by atoms with Crippen LogP contribution in [0.4, 0.5) is 23.2 Å². The molecule has 1 aromatic heterocycles. The second-order valence-electron chi connectivity index (χ2n) is 4.15. The van der Waals surface area contributed by atoms with Crippen LogP contribution in [-0.4, -0.2) is 25.4 Å². The first-order valence-corrected chi connectivity index (χ1v) is 6.19. The lowest BCUT2D eigenvalue weighted by molar-refractivity contribution is 0.354. The van der Waals surface area contributed by atoms with E-state index in [2.05, 4.69) is 10.1 Å². The van der Waals surface area contributed by atoms with E-state index in [1.807, 2.05) is 5.43 Å². The summed E-state index contributed by atoms with van der Waals surface area (Å²) in [4.78, 5) is 2.44. The number of hydrazone groups is 1. The molecule has 122 valence electrons. The maximum absolute atomic E-state index is 13.4. The molecule has 9 heteroatoms. The van der Waals surface area contributed by atoms with Gasteiger partial charge < -0.3 is 9.47 Å². The smallest absolute Gasteiger partial charge is 0.254 e. The third-order valence-corrected chi connectivity index (χ3v) is 2.81. The zero-order valence-electron chi connectivity index (χ0n) is 12.0. The molecule has 0 radical (unpaired) electrons. The van der Waals surface area contributed by atoms with Crippen LogP contribution in [0.15, 0.2) is 23.3 Å². The number of ether oxygens (including phenoxy) is 2. The van der Waals surface area contributed by atoms with Gasteiger partial charge in [-0.2, -0.15) is 27.6 Å². The fourth-order valence-corrected chi connectivity index (χ4v) is 1.77. The molecule has 0 aliphatic heterocycles. The minimum atomic E-state index is -1.78. The summed E-state index contributed by atoms with van der Waals surface area (Å²) in [6.45, 7) is 0. The van der Waals surface area contributed by atoms with Gasteiger partial charge in [-0.25, -0.2) is 0 Å². The predicted molar refractivity (Wildman–Crippen MR) is 74.8 cm³/mol.